The van der Waals surface area contributed by atoms with E-state index in [1.165, 1.54) is 18.1 Å². The van der Waals surface area contributed by atoms with E-state index in [0.717, 1.165) is 32.5 Å². The predicted octanol–water partition coefficient (Wildman–Crippen LogP) is 1.28. The number of piperidine rings is 1. The summed E-state index contributed by atoms with van der Waals surface area (Å²) in [6.45, 7) is 4.89. The van der Waals surface area contributed by atoms with Gasteiger partial charge >= 0.3 is 0 Å². The van der Waals surface area contributed by atoms with Gasteiger partial charge in [0.1, 0.15) is 0 Å². The van der Waals surface area contributed by atoms with E-state index >= 15 is 0 Å². The highest BCUT2D eigenvalue weighted by Crippen LogP contribution is 2.16. The maximum absolute atomic E-state index is 11.0. The fourth-order valence-corrected chi connectivity index (χ4v) is 2.42. The first kappa shape index (κ1) is 14.0. The van der Waals surface area contributed by atoms with Gasteiger partial charge in [0.15, 0.2) is 0 Å². The van der Waals surface area contributed by atoms with Gasteiger partial charge in [-0.3, -0.25) is 9.69 Å². The first-order valence-electron chi connectivity index (χ1n) is 6.87. The van der Waals surface area contributed by atoms with Gasteiger partial charge in [-0.25, -0.2) is 0 Å². The molecule has 0 unspecified atom stereocenters. The van der Waals surface area contributed by atoms with Crippen LogP contribution in [0.3, 0.4) is 0 Å². The molecule has 1 aromatic rings. The molecular formula is C15H22N2O2. The van der Waals surface area contributed by atoms with Crippen LogP contribution in [0.1, 0.15) is 30.9 Å². The number of carbonyl (C=O) groups excluding carboxylic acids is 1. The van der Waals surface area contributed by atoms with Gasteiger partial charge in [0, 0.05) is 33.1 Å². The van der Waals surface area contributed by atoms with Crippen LogP contribution in [-0.4, -0.2) is 35.1 Å². The summed E-state index contributed by atoms with van der Waals surface area (Å²) in [5, 5.41) is 12.4. The summed E-state index contributed by atoms with van der Waals surface area (Å²) in [5.41, 5.74) is 2.43. The Bertz CT molecular complexity index is 426. The molecule has 0 spiro atoms. The van der Waals surface area contributed by atoms with E-state index in [2.05, 4.69) is 22.3 Å². The van der Waals surface area contributed by atoms with E-state index in [1.54, 1.807) is 0 Å². The number of benzene rings is 1. The second-order valence-electron chi connectivity index (χ2n) is 5.19. The molecular weight excluding hydrogens is 240 g/mol. The van der Waals surface area contributed by atoms with E-state index in [-0.39, 0.29) is 12.0 Å². The summed E-state index contributed by atoms with van der Waals surface area (Å²) in [7, 11) is 0. The number of hydrogen-bond acceptors (Lipinski definition) is 3. The van der Waals surface area contributed by atoms with Crippen LogP contribution >= 0.6 is 0 Å². The molecule has 0 bridgehead atoms. The molecule has 4 nitrogen and oxygen atoms in total. The second kappa shape index (κ2) is 6.68. The molecule has 1 amide bonds. The number of nitrogens with zero attached hydrogens (tertiary/aromatic N) is 1. The van der Waals surface area contributed by atoms with E-state index in [9.17, 15) is 9.90 Å². The monoisotopic (exact) mass is 262 g/mol. The molecule has 1 aliphatic rings. The Morgan fingerprint density at radius 3 is 2.58 bits per heavy atom. The summed E-state index contributed by atoms with van der Waals surface area (Å²) in [4.78, 5) is 13.4. The van der Waals surface area contributed by atoms with Crippen LogP contribution in [0.2, 0.25) is 0 Å². The standard InChI is InChI=1S/C15H22N2O2/c1-12(18)16-10-13-4-2-3-5-14(13)11-17-8-6-15(19)7-9-17/h2-5,15,19H,6-11H2,1H3,(H,16,18). The number of aliphatic hydroxyl groups is 1. The maximum atomic E-state index is 11.0. The molecule has 4 heteroatoms. The van der Waals surface area contributed by atoms with Gasteiger partial charge in [-0.05, 0) is 24.0 Å². The zero-order chi connectivity index (χ0) is 13.7. The lowest BCUT2D eigenvalue weighted by Crippen LogP contribution is -2.35. The lowest BCUT2D eigenvalue weighted by atomic mass is 10.0. The fraction of sp³-hybridized carbons (Fsp3) is 0.533. The van der Waals surface area contributed by atoms with Crippen molar-refractivity contribution < 1.29 is 9.90 Å². The number of carbonyl (C=O) groups is 1. The van der Waals surface area contributed by atoms with Gasteiger partial charge in [-0.2, -0.15) is 0 Å². The Hall–Kier alpha value is -1.39. The average molecular weight is 262 g/mol. The van der Waals surface area contributed by atoms with Crippen LogP contribution < -0.4 is 5.32 Å². The number of hydrogen-bond donors (Lipinski definition) is 2. The molecule has 0 atom stereocenters. The molecule has 1 aliphatic heterocycles. The molecule has 2 N–H and O–H groups in total. The van der Waals surface area contributed by atoms with Crippen molar-refractivity contribution in [2.24, 2.45) is 0 Å². The van der Waals surface area contributed by atoms with Gasteiger partial charge in [-0.1, -0.05) is 24.3 Å². The molecule has 1 aromatic carbocycles. The average Bonchev–Trinajstić information content (AvgIpc) is 2.40. The normalized spacial score (nSPS) is 17.4. The second-order valence-corrected chi connectivity index (χ2v) is 5.19. The van der Waals surface area contributed by atoms with Crippen molar-refractivity contribution in [2.75, 3.05) is 13.1 Å². The number of rotatable bonds is 4. The fourth-order valence-electron chi connectivity index (χ4n) is 2.42. The predicted molar refractivity (Wildman–Crippen MR) is 74.5 cm³/mol. The Balaban J connectivity index is 1.97. The summed E-state index contributed by atoms with van der Waals surface area (Å²) in [5.74, 6) is -0.00380. The lowest BCUT2D eigenvalue weighted by Gasteiger charge is -2.30. The lowest BCUT2D eigenvalue weighted by molar-refractivity contribution is -0.119. The quantitative estimate of drug-likeness (QED) is 0.859. The molecule has 19 heavy (non-hydrogen) atoms. The first-order valence-corrected chi connectivity index (χ1v) is 6.87. The van der Waals surface area contributed by atoms with Gasteiger partial charge in [0.25, 0.3) is 0 Å². The summed E-state index contributed by atoms with van der Waals surface area (Å²) >= 11 is 0. The van der Waals surface area contributed by atoms with Gasteiger partial charge in [0.2, 0.25) is 5.91 Å². The van der Waals surface area contributed by atoms with Crippen LogP contribution in [0.25, 0.3) is 0 Å². The third-order valence-corrected chi connectivity index (χ3v) is 3.60. The summed E-state index contributed by atoms with van der Waals surface area (Å²) in [6, 6.07) is 8.21. The van der Waals surface area contributed by atoms with Crippen molar-refractivity contribution in [3.63, 3.8) is 0 Å². The highest BCUT2D eigenvalue weighted by atomic mass is 16.3. The molecule has 0 saturated carbocycles. The van der Waals surface area contributed by atoms with E-state index < -0.39 is 0 Å². The number of aliphatic hydroxyl groups excluding tert-OH is 1. The van der Waals surface area contributed by atoms with E-state index in [4.69, 9.17) is 0 Å². The Morgan fingerprint density at radius 2 is 1.95 bits per heavy atom. The van der Waals surface area contributed by atoms with Crippen molar-refractivity contribution in [1.82, 2.24) is 10.2 Å². The molecule has 104 valence electrons. The number of nitrogens with one attached hydrogen (secondary N) is 1. The molecule has 1 saturated heterocycles. The molecule has 2 rings (SSSR count). The number of likely N-dealkylation sites (tertiary alicyclic amines) is 1. The Kier molecular flexibility index (Phi) is 4.93. The SMILES string of the molecule is CC(=O)NCc1ccccc1CN1CCC(O)CC1. The first-order chi connectivity index (χ1) is 9.15. The summed E-state index contributed by atoms with van der Waals surface area (Å²) in [6.07, 6.45) is 1.58. The van der Waals surface area contributed by atoms with Gasteiger partial charge in [0.05, 0.1) is 6.10 Å². The third kappa shape index (κ3) is 4.33. The minimum Gasteiger partial charge on any atom is -0.393 e. The topological polar surface area (TPSA) is 52.6 Å². The van der Waals surface area contributed by atoms with Gasteiger partial charge < -0.3 is 10.4 Å². The minimum absolute atomic E-state index is 0.00380. The minimum atomic E-state index is -0.133. The van der Waals surface area contributed by atoms with Gasteiger partial charge in [-0.15, -0.1) is 0 Å². The molecule has 0 aliphatic carbocycles. The molecule has 0 radical (unpaired) electrons. The van der Waals surface area contributed by atoms with E-state index in [1.807, 2.05) is 12.1 Å². The highest BCUT2D eigenvalue weighted by Gasteiger charge is 2.17. The largest absolute Gasteiger partial charge is 0.393 e. The van der Waals surface area contributed by atoms with Crippen LogP contribution in [0.15, 0.2) is 24.3 Å². The van der Waals surface area contributed by atoms with Crippen molar-refractivity contribution in [3.05, 3.63) is 35.4 Å². The zero-order valence-corrected chi connectivity index (χ0v) is 11.4. The Morgan fingerprint density at radius 1 is 1.32 bits per heavy atom. The van der Waals surface area contributed by atoms with Crippen LogP contribution in [-0.2, 0) is 17.9 Å². The summed E-state index contributed by atoms with van der Waals surface area (Å²) < 4.78 is 0. The molecule has 1 fully saturated rings. The molecule has 0 aromatic heterocycles. The highest BCUT2D eigenvalue weighted by molar-refractivity contribution is 5.72. The Labute approximate surface area is 114 Å². The van der Waals surface area contributed by atoms with Crippen molar-refractivity contribution in [1.29, 1.82) is 0 Å². The van der Waals surface area contributed by atoms with Crippen molar-refractivity contribution >= 4 is 5.91 Å². The zero-order valence-electron chi connectivity index (χ0n) is 11.4. The molecule has 1 heterocycles. The van der Waals surface area contributed by atoms with Crippen molar-refractivity contribution in [3.8, 4) is 0 Å². The van der Waals surface area contributed by atoms with Crippen LogP contribution in [0.5, 0.6) is 0 Å². The van der Waals surface area contributed by atoms with Crippen LogP contribution in [0, 0.1) is 0 Å². The van der Waals surface area contributed by atoms with E-state index in [0.29, 0.717) is 6.54 Å². The maximum Gasteiger partial charge on any atom is 0.217 e. The van der Waals surface area contributed by atoms with Crippen LogP contribution in [0.4, 0.5) is 0 Å². The van der Waals surface area contributed by atoms with Crippen molar-refractivity contribution in [2.45, 2.75) is 39.0 Å². The smallest absolute Gasteiger partial charge is 0.217 e. The third-order valence-electron chi connectivity index (χ3n) is 3.60. The number of amides is 1.